The molecule has 0 fully saturated rings. The molecule has 0 spiro atoms. The Balaban J connectivity index is 1.59. The maximum Gasteiger partial charge on any atom is 0.416 e. The van der Waals surface area contributed by atoms with Gasteiger partial charge in [-0.05, 0) is 41.0 Å². The quantitative estimate of drug-likeness (QED) is 0.434. The lowest BCUT2D eigenvalue weighted by atomic mass is 10.0. The number of carbonyl (C=O) groups is 2. The van der Waals surface area contributed by atoms with Gasteiger partial charge in [-0.2, -0.15) is 13.2 Å². The minimum atomic E-state index is -4.55. The summed E-state index contributed by atoms with van der Waals surface area (Å²) in [6, 6.07) is 18.3. The Hall–Kier alpha value is -3.85. The van der Waals surface area contributed by atoms with Crippen LogP contribution in [-0.2, 0) is 28.8 Å². The average Bonchev–Trinajstić information content (AvgIpc) is 2.82. The number of aliphatic carboxylic acids is 1. The lowest BCUT2D eigenvalue weighted by molar-refractivity contribution is -0.143. The standard InChI is InChI=1S/C25H22F3NO5/c26-25(27,28)19-10-8-18(9-11-19)22(30)23(31)29-21(24(32)33)14-16-6-12-20(13-7-16)34-15-17-4-2-1-3-5-17/h1-13,21-22,30H,14-15H2,(H,29,31)(H,32,33)/t21-,22-/m1/s1. The zero-order valence-corrected chi connectivity index (χ0v) is 17.8. The number of ether oxygens (including phenoxy) is 1. The lowest BCUT2D eigenvalue weighted by Crippen LogP contribution is -2.44. The second-order valence-corrected chi connectivity index (χ2v) is 7.54. The number of aliphatic hydroxyl groups is 1. The Labute approximate surface area is 193 Å². The number of rotatable bonds is 9. The third kappa shape index (κ3) is 6.82. The van der Waals surface area contributed by atoms with Crippen molar-refractivity contribution >= 4 is 11.9 Å². The lowest BCUT2D eigenvalue weighted by Gasteiger charge is -2.18. The predicted octanol–water partition coefficient (Wildman–Crippen LogP) is 4.13. The third-order valence-electron chi connectivity index (χ3n) is 5.03. The summed E-state index contributed by atoms with van der Waals surface area (Å²) in [4.78, 5) is 24.0. The molecule has 6 nitrogen and oxygen atoms in total. The van der Waals surface area contributed by atoms with E-state index in [0.717, 1.165) is 29.8 Å². The number of aliphatic hydroxyl groups excluding tert-OH is 1. The maximum atomic E-state index is 12.7. The second-order valence-electron chi connectivity index (χ2n) is 7.54. The number of carbonyl (C=O) groups excluding carboxylic acids is 1. The average molecular weight is 473 g/mol. The summed E-state index contributed by atoms with van der Waals surface area (Å²) in [6.07, 6.45) is -6.44. The van der Waals surface area contributed by atoms with Crippen molar-refractivity contribution in [2.24, 2.45) is 0 Å². The normalized spacial score (nSPS) is 13.1. The van der Waals surface area contributed by atoms with E-state index < -0.39 is 35.8 Å². The van der Waals surface area contributed by atoms with Crippen molar-refractivity contribution in [1.29, 1.82) is 0 Å². The van der Waals surface area contributed by atoms with Crippen LogP contribution in [-0.4, -0.2) is 28.1 Å². The molecule has 0 saturated carbocycles. The Kier molecular flexibility index (Phi) is 7.91. The predicted molar refractivity (Wildman–Crippen MR) is 117 cm³/mol. The van der Waals surface area contributed by atoms with Crippen molar-refractivity contribution < 1.29 is 37.7 Å². The summed E-state index contributed by atoms with van der Waals surface area (Å²) in [5, 5.41) is 21.9. The van der Waals surface area contributed by atoms with E-state index in [1.54, 1.807) is 24.3 Å². The Bertz CT molecular complexity index is 1100. The fourth-order valence-electron chi connectivity index (χ4n) is 3.15. The van der Waals surface area contributed by atoms with Crippen molar-refractivity contribution in [1.82, 2.24) is 5.32 Å². The van der Waals surface area contributed by atoms with Crippen LogP contribution in [0.3, 0.4) is 0 Å². The van der Waals surface area contributed by atoms with Gasteiger partial charge in [0.1, 0.15) is 18.4 Å². The van der Waals surface area contributed by atoms with Crippen LogP contribution < -0.4 is 10.1 Å². The van der Waals surface area contributed by atoms with Gasteiger partial charge < -0.3 is 20.3 Å². The highest BCUT2D eigenvalue weighted by Gasteiger charge is 2.31. The number of nitrogens with one attached hydrogen (secondary N) is 1. The molecule has 0 saturated heterocycles. The number of hydrogen-bond acceptors (Lipinski definition) is 4. The fourth-order valence-corrected chi connectivity index (χ4v) is 3.15. The number of halogens is 3. The summed E-state index contributed by atoms with van der Waals surface area (Å²) >= 11 is 0. The molecule has 178 valence electrons. The van der Waals surface area contributed by atoms with Gasteiger partial charge in [-0.3, -0.25) is 4.79 Å². The molecule has 3 rings (SSSR count). The summed E-state index contributed by atoms with van der Waals surface area (Å²) in [7, 11) is 0. The summed E-state index contributed by atoms with van der Waals surface area (Å²) in [5.41, 5.74) is 0.577. The first kappa shape index (κ1) is 24.8. The molecule has 0 aliphatic heterocycles. The van der Waals surface area contributed by atoms with E-state index in [4.69, 9.17) is 4.74 Å². The van der Waals surface area contributed by atoms with E-state index in [9.17, 15) is 33.0 Å². The topological polar surface area (TPSA) is 95.9 Å². The van der Waals surface area contributed by atoms with Crippen molar-refractivity contribution in [3.05, 3.63) is 101 Å². The van der Waals surface area contributed by atoms with Crippen molar-refractivity contribution in [2.45, 2.75) is 31.3 Å². The Morgan fingerprint density at radius 1 is 0.882 bits per heavy atom. The van der Waals surface area contributed by atoms with Crippen molar-refractivity contribution in [3.8, 4) is 5.75 Å². The SMILES string of the molecule is O=C(O)[C@@H](Cc1ccc(OCc2ccccc2)cc1)NC(=O)[C@H](O)c1ccc(C(F)(F)F)cc1. The first-order chi connectivity index (χ1) is 16.1. The van der Waals surface area contributed by atoms with E-state index in [-0.39, 0.29) is 12.0 Å². The van der Waals surface area contributed by atoms with Crippen LogP contribution in [0.2, 0.25) is 0 Å². The molecule has 3 N–H and O–H groups in total. The first-order valence-corrected chi connectivity index (χ1v) is 10.3. The maximum absolute atomic E-state index is 12.7. The Morgan fingerprint density at radius 2 is 1.50 bits per heavy atom. The molecule has 0 aromatic heterocycles. The fraction of sp³-hybridized carbons (Fsp3) is 0.200. The second kappa shape index (κ2) is 10.8. The molecular formula is C25H22F3NO5. The number of carboxylic acids is 1. The molecular weight excluding hydrogens is 451 g/mol. The smallest absolute Gasteiger partial charge is 0.416 e. The van der Waals surface area contributed by atoms with Gasteiger partial charge in [-0.25, -0.2) is 4.79 Å². The molecule has 0 unspecified atom stereocenters. The van der Waals surface area contributed by atoms with Crippen molar-refractivity contribution in [2.75, 3.05) is 0 Å². The van der Waals surface area contributed by atoms with Gasteiger partial charge in [-0.15, -0.1) is 0 Å². The highest BCUT2D eigenvalue weighted by molar-refractivity contribution is 5.87. The molecule has 3 aromatic rings. The minimum Gasteiger partial charge on any atom is -0.489 e. The molecule has 0 bridgehead atoms. The summed E-state index contributed by atoms with van der Waals surface area (Å²) in [6.45, 7) is 0.371. The first-order valence-electron chi connectivity index (χ1n) is 10.3. The molecule has 0 radical (unpaired) electrons. The zero-order chi connectivity index (χ0) is 24.7. The molecule has 2 atom stereocenters. The molecule has 3 aromatic carbocycles. The van der Waals surface area contributed by atoms with Gasteiger partial charge >= 0.3 is 12.1 Å². The van der Waals surface area contributed by atoms with Gasteiger partial charge in [0, 0.05) is 6.42 Å². The number of hydrogen-bond donors (Lipinski definition) is 3. The Morgan fingerprint density at radius 3 is 2.06 bits per heavy atom. The molecule has 9 heteroatoms. The monoisotopic (exact) mass is 473 g/mol. The van der Waals surface area contributed by atoms with E-state index in [2.05, 4.69) is 5.32 Å². The number of amides is 1. The zero-order valence-electron chi connectivity index (χ0n) is 17.8. The van der Waals surface area contributed by atoms with E-state index >= 15 is 0 Å². The van der Waals surface area contributed by atoms with Crippen LogP contribution in [0.1, 0.15) is 28.4 Å². The van der Waals surface area contributed by atoms with Crippen LogP contribution in [0.25, 0.3) is 0 Å². The van der Waals surface area contributed by atoms with Crippen LogP contribution >= 0.6 is 0 Å². The summed E-state index contributed by atoms with van der Waals surface area (Å²) < 4.78 is 43.7. The van der Waals surface area contributed by atoms with Crippen LogP contribution in [0, 0.1) is 0 Å². The van der Waals surface area contributed by atoms with Crippen LogP contribution in [0.5, 0.6) is 5.75 Å². The number of alkyl halides is 3. The van der Waals surface area contributed by atoms with Gasteiger partial charge in [0.05, 0.1) is 5.56 Å². The number of benzene rings is 3. The number of carboxylic acid groups (broad SMARTS) is 1. The minimum absolute atomic E-state index is 0.0697. The van der Waals surface area contributed by atoms with Crippen LogP contribution in [0.4, 0.5) is 13.2 Å². The van der Waals surface area contributed by atoms with E-state index in [1.807, 2.05) is 30.3 Å². The van der Waals surface area contributed by atoms with Crippen molar-refractivity contribution in [3.63, 3.8) is 0 Å². The molecule has 0 aliphatic carbocycles. The van der Waals surface area contributed by atoms with E-state index in [0.29, 0.717) is 17.9 Å². The molecule has 0 aliphatic rings. The highest BCUT2D eigenvalue weighted by Crippen LogP contribution is 2.30. The van der Waals surface area contributed by atoms with Gasteiger partial charge in [0.15, 0.2) is 6.10 Å². The molecule has 0 heterocycles. The third-order valence-corrected chi connectivity index (χ3v) is 5.03. The highest BCUT2D eigenvalue weighted by atomic mass is 19.4. The van der Waals surface area contributed by atoms with Gasteiger partial charge in [-0.1, -0.05) is 54.6 Å². The van der Waals surface area contributed by atoms with E-state index in [1.165, 1.54) is 0 Å². The largest absolute Gasteiger partial charge is 0.489 e. The molecule has 34 heavy (non-hydrogen) atoms. The molecule has 1 amide bonds. The summed E-state index contributed by atoms with van der Waals surface area (Å²) in [5.74, 6) is -1.77. The van der Waals surface area contributed by atoms with Gasteiger partial charge in [0.2, 0.25) is 0 Å². The van der Waals surface area contributed by atoms with Gasteiger partial charge in [0.25, 0.3) is 5.91 Å². The van der Waals surface area contributed by atoms with Crippen LogP contribution in [0.15, 0.2) is 78.9 Å².